The molecule has 4 amide bonds. The van der Waals surface area contributed by atoms with Gasteiger partial charge in [-0.05, 0) is 36.2 Å². The van der Waals surface area contributed by atoms with Crippen molar-refractivity contribution in [1.29, 1.82) is 0 Å². The largest absolute Gasteiger partial charge is 0.383 e. The van der Waals surface area contributed by atoms with Gasteiger partial charge in [-0.15, -0.1) is 0 Å². The summed E-state index contributed by atoms with van der Waals surface area (Å²) in [6.07, 6.45) is 5.58. The zero-order valence-corrected chi connectivity index (χ0v) is 22.1. The summed E-state index contributed by atoms with van der Waals surface area (Å²) in [7, 11) is 0. The van der Waals surface area contributed by atoms with E-state index in [2.05, 4.69) is 31.2 Å². The van der Waals surface area contributed by atoms with Crippen molar-refractivity contribution >= 4 is 29.3 Å². The lowest BCUT2D eigenvalue weighted by molar-refractivity contribution is -0.123. The molecule has 0 unspecified atom stereocenters. The molecule has 4 rings (SSSR count). The van der Waals surface area contributed by atoms with Gasteiger partial charge >= 0.3 is 0 Å². The minimum atomic E-state index is -0.861. The number of hydrogen-bond acceptors (Lipinski definition) is 7. The topological polar surface area (TPSA) is 145 Å². The lowest BCUT2D eigenvalue weighted by Gasteiger charge is -2.24. The van der Waals surface area contributed by atoms with E-state index in [1.807, 2.05) is 30.3 Å². The van der Waals surface area contributed by atoms with Gasteiger partial charge < -0.3 is 26.2 Å². The van der Waals surface area contributed by atoms with E-state index in [-0.39, 0.29) is 49.3 Å². The van der Waals surface area contributed by atoms with Gasteiger partial charge in [0.25, 0.3) is 11.8 Å². The summed E-state index contributed by atoms with van der Waals surface area (Å²) in [6, 6.07) is 15.2. The van der Waals surface area contributed by atoms with Crippen LogP contribution in [0.5, 0.6) is 0 Å². The molecule has 0 spiro atoms. The number of nitrogens with zero attached hydrogens (tertiary/aromatic N) is 3. The Morgan fingerprint density at radius 2 is 1.73 bits per heavy atom. The van der Waals surface area contributed by atoms with Crippen LogP contribution in [0.15, 0.2) is 73.2 Å². The molecule has 4 N–H and O–H groups in total. The zero-order valence-electron chi connectivity index (χ0n) is 22.1. The number of fused-ring (bicyclic) bond motifs is 2. The average molecular weight is 544 g/mol. The maximum atomic E-state index is 13.3. The van der Waals surface area contributed by atoms with Gasteiger partial charge in [-0.3, -0.25) is 29.1 Å². The lowest BCUT2D eigenvalue weighted by Crippen LogP contribution is -2.50. The van der Waals surface area contributed by atoms with Crippen LogP contribution in [0.4, 0.5) is 5.69 Å². The van der Waals surface area contributed by atoms with Gasteiger partial charge in [0.15, 0.2) is 0 Å². The quantitative estimate of drug-likeness (QED) is 0.391. The van der Waals surface area contributed by atoms with E-state index in [4.69, 9.17) is 0 Å². The summed E-state index contributed by atoms with van der Waals surface area (Å²) in [6.45, 7) is 1.55. The molecule has 0 saturated carbocycles. The van der Waals surface area contributed by atoms with E-state index in [9.17, 15) is 19.2 Å². The van der Waals surface area contributed by atoms with Gasteiger partial charge in [0.2, 0.25) is 11.8 Å². The molecule has 1 aromatic carbocycles. The van der Waals surface area contributed by atoms with Crippen molar-refractivity contribution < 1.29 is 19.2 Å². The standard InChI is InChI=1S/C29H33N7O4/c37-26-9-5-16-36(29(40)22-8-4-11-30-20-22)17-15-34-27(38)25(18-21-6-2-1-3-7-21)35-28(39)24-19-23(10-12-32-24)31-13-14-33-26/h1-4,6-8,10-12,19-20,25,31H,5,9,13-18H2,(H,33,37)(H,34,38)(H,35,39)/t25-/m0/s1. The van der Waals surface area contributed by atoms with Gasteiger partial charge in [-0.2, -0.15) is 0 Å². The van der Waals surface area contributed by atoms with E-state index in [1.165, 1.54) is 12.4 Å². The third-order valence-corrected chi connectivity index (χ3v) is 6.38. The molecule has 1 atom stereocenters. The summed E-state index contributed by atoms with van der Waals surface area (Å²) >= 11 is 0. The maximum absolute atomic E-state index is 13.3. The van der Waals surface area contributed by atoms with E-state index in [1.54, 1.807) is 35.4 Å². The van der Waals surface area contributed by atoms with Gasteiger partial charge in [0.1, 0.15) is 11.7 Å². The number of amides is 4. The number of aromatic nitrogens is 2. The first kappa shape index (κ1) is 28.2. The van der Waals surface area contributed by atoms with Crippen LogP contribution in [-0.4, -0.2) is 77.3 Å². The molecule has 208 valence electrons. The van der Waals surface area contributed by atoms with Crippen LogP contribution in [0.2, 0.25) is 0 Å². The normalized spacial score (nSPS) is 17.6. The molecule has 2 bridgehead atoms. The number of benzene rings is 1. The molecule has 1 aliphatic rings. The highest BCUT2D eigenvalue weighted by Gasteiger charge is 2.23. The molecule has 0 aliphatic carbocycles. The molecule has 3 heterocycles. The minimum Gasteiger partial charge on any atom is -0.383 e. The first-order chi connectivity index (χ1) is 19.5. The summed E-state index contributed by atoms with van der Waals surface area (Å²) in [5, 5.41) is 11.7. The Hall–Kier alpha value is -4.80. The molecular weight excluding hydrogens is 510 g/mol. The molecule has 0 saturated heterocycles. The second kappa shape index (κ2) is 14.4. The van der Waals surface area contributed by atoms with Crippen molar-refractivity contribution in [3.8, 4) is 0 Å². The van der Waals surface area contributed by atoms with Gasteiger partial charge in [0.05, 0.1) is 5.56 Å². The Kier molecular flexibility index (Phi) is 10.1. The lowest BCUT2D eigenvalue weighted by atomic mass is 10.0. The van der Waals surface area contributed by atoms with E-state index >= 15 is 0 Å². The molecule has 0 fully saturated rings. The number of carbonyl (C=O) groups is 4. The first-order valence-electron chi connectivity index (χ1n) is 13.3. The highest BCUT2D eigenvalue weighted by atomic mass is 16.2. The minimum absolute atomic E-state index is 0.125. The van der Waals surface area contributed by atoms with Crippen molar-refractivity contribution in [2.75, 3.05) is 38.0 Å². The zero-order chi connectivity index (χ0) is 28.2. The Balaban J connectivity index is 1.53. The fraction of sp³-hybridized carbons (Fsp3) is 0.310. The third kappa shape index (κ3) is 8.35. The Bertz CT molecular complexity index is 1300. The number of rotatable bonds is 3. The predicted octanol–water partition coefficient (Wildman–Crippen LogP) is 1.40. The summed E-state index contributed by atoms with van der Waals surface area (Å²) in [4.78, 5) is 61.7. The second-order valence-corrected chi connectivity index (χ2v) is 9.35. The molecule has 0 radical (unpaired) electrons. The smallest absolute Gasteiger partial charge is 0.270 e. The molecular formula is C29H33N7O4. The van der Waals surface area contributed by atoms with Gasteiger partial charge in [0, 0.05) is 69.8 Å². The SMILES string of the molecule is O=C1CCCN(C(=O)c2cccnc2)CCNC(=O)[C@H](Cc2ccccc2)NC(=O)c2cc(ccn2)NCCN1. The Morgan fingerprint density at radius 3 is 2.52 bits per heavy atom. The van der Waals surface area contributed by atoms with Crippen molar-refractivity contribution in [2.24, 2.45) is 0 Å². The van der Waals surface area contributed by atoms with E-state index in [0.29, 0.717) is 37.3 Å². The Labute approximate surface area is 232 Å². The molecule has 3 aromatic rings. The molecule has 2 aromatic heterocycles. The van der Waals surface area contributed by atoms with Crippen LogP contribution < -0.4 is 21.3 Å². The number of pyridine rings is 2. The average Bonchev–Trinajstić information content (AvgIpc) is 2.98. The third-order valence-electron chi connectivity index (χ3n) is 6.38. The van der Waals surface area contributed by atoms with Crippen LogP contribution in [0.1, 0.15) is 39.3 Å². The van der Waals surface area contributed by atoms with Crippen LogP contribution >= 0.6 is 0 Å². The van der Waals surface area contributed by atoms with Crippen LogP contribution in [-0.2, 0) is 16.0 Å². The first-order valence-corrected chi connectivity index (χ1v) is 13.3. The number of anilines is 1. The highest BCUT2D eigenvalue weighted by Crippen LogP contribution is 2.10. The molecule has 11 heteroatoms. The Morgan fingerprint density at radius 1 is 0.900 bits per heavy atom. The molecule has 1 aliphatic heterocycles. The van der Waals surface area contributed by atoms with Crippen molar-refractivity contribution in [3.05, 3.63) is 90.0 Å². The fourth-order valence-electron chi connectivity index (χ4n) is 4.31. The summed E-state index contributed by atoms with van der Waals surface area (Å²) in [5.74, 6) is -1.23. The maximum Gasteiger partial charge on any atom is 0.270 e. The van der Waals surface area contributed by atoms with Crippen molar-refractivity contribution in [1.82, 2.24) is 30.8 Å². The summed E-state index contributed by atoms with van der Waals surface area (Å²) in [5.41, 5.74) is 2.13. The second-order valence-electron chi connectivity index (χ2n) is 9.35. The van der Waals surface area contributed by atoms with Crippen LogP contribution in [0.25, 0.3) is 0 Å². The van der Waals surface area contributed by atoms with Crippen molar-refractivity contribution in [2.45, 2.75) is 25.3 Å². The molecule has 40 heavy (non-hydrogen) atoms. The number of carbonyl (C=O) groups excluding carboxylic acids is 4. The number of hydrogen-bond donors (Lipinski definition) is 4. The molecule has 11 nitrogen and oxygen atoms in total. The fourth-order valence-corrected chi connectivity index (χ4v) is 4.31. The van der Waals surface area contributed by atoms with Crippen molar-refractivity contribution in [3.63, 3.8) is 0 Å². The van der Waals surface area contributed by atoms with E-state index < -0.39 is 11.9 Å². The number of nitrogens with one attached hydrogen (secondary N) is 4. The monoisotopic (exact) mass is 543 g/mol. The predicted molar refractivity (Wildman–Crippen MR) is 150 cm³/mol. The van der Waals surface area contributed by atoms with Crippen LogP contribution in [0.3, 0.4) is 0 Å². The van der Waals surface area contributed by atoms with E-state index in [0.717, 1.165) is 5.56 Å². The van der Waals surface area contributed by atoms with Gasteiger partial charge in [-0.1, -0.05) is 30.3 Å². The summed E-state index contributed by atoms with van der Waals surface area (Å²) < 4.78 is 0. The van der Waals surface area contributed by atoms with Crippen LogP contribution in [0, 0.1) is 0 Å². The highest BCUT2D eigenvalue weighted by molar-refractivity contribution is 5.97. The van der Waals surface area contributed by atoms with Gasteiger partial charge in [-0.25, -0.2) is 0 Å².